The Morgan fingerprint density at radius 3 is 2.52 bits per heavy atom. The van der Waals surface area contributed by atoms with Gasteiger partial charge in [-0.2, -0.15) is 11.8 Å². The summed E-state index contributed by atoms with van der Waals surface area (Å²) in [6.07, 6.45) is 2.49. The largest absolute Gasteiger partial charge is 0.484 e. The number of carbonyl (C=O) groups is 2. The SMILES string of the molecule is CSCCC(NC(=O)COc1ccccc1)C(=O)N(C)Cc1ccc(-c2ccc(Cl)cc2)o1. The first-order valence-corrected chi connectivity index (χ1v) is 12.3. The predicted octanol–water partition coefficient (Wildman–Crippen LogP) is 4.88. The van der Waals surface area contributed by atoms with Crippen LogP contribution in [-0.4, -0.2) is 48.4 Å². The molecule has 1 aromatic heterocycles. The van der Waals surface area contributed by atoms with Gasteiger partial charge in [0.15, 0.2) is 6.61 Å². The van der Waals surface area contributed by atoms with Crippen molar-refractivity contribution in [1.82, 2.24) is 10.2 Å². The number of ether oxygens (including phenoxy) is 1. The Labute approximate surface area is 203 Å². The summed E-state index contributed by atoms with van der Waals surface area (Å²) in [5, 5.41) is 3.47. The van der Waals surface area contributed by atoms with Crippen LogP contribution in [0.4, 0.5) is 0 Å². The van der Waals surface area contributed by atoms with Crippen LogP contribution in [0.25, 0.3) is 11.3 Å². The Hall–Kier alpha value is -2.90. The monoisotopic (exact) mass is 486 g/mol. The minimum absolute atomic E-state index is 0.153. The molecule has 2 amide bonds. The van der Waals surface area contributed by atoms with Crippen LogP contribution in [0, 0.1) is 0 Å². The van der Waals surface area contributed by atoms with Gasteiger partial charge in [0.05, 0.1) is 6.54 Å². The number of nitrogens with zero attached hydrogens (tertiary/aromatic N) is 1. The van der Waals surface area contributed by atoms with E-state index in [-0.39, 0.29) is 18.4 Å². The number of halogens is 1. The van der Waals surface area contributed by atoms with Crippen molar-refractivity contribution >= 4 is 35.2 Å². The first kappa shape index (κ1) is 24.7. The number of carbonyl (C=O) groups excluding carboxylic acids is 2. The highest BCUT2D eigenvalue weighted by molar-refractivity contribution is 7.98. The molecule has 174 valence electrons. The fraction of sp³-hybridized carbons (Fsp3) is 0.280. The lowest BCUT2D eigenvalue weighted by Crippen LogP contribution is -2.48. The van der Waals surface area contributed by atoms with Gasteiger partial charge in [0, 0.05) is 17.6 Å². The lowest BCUT2D eigenvalue weighted by Gasteiger charge is -2.24. The van der Waals surface area contributed by atoms with Crippen LogP contribution in [0.5, 0.6) is 5.75 Å². The van der Waals surface area contributed by atoms with Gasteiger partial charge in [-0.3, -0.25) is 9.59 Å². The number of likely N-dealkylation sites (N-methyl/N-ethyl adjacent to an activating group) is 1. The van der Waals surface area contributed by atoms with Crippen LogP contribution in [0.1, 0.15) is 12.2 Å². The Morgan fingerprint density at radius 2 is 1.82 bits per heavy atom. The summed E-state index contributed by atoms with van der Waals surface area (Å²) in [6.45, 7) is 0.137. The van der Waals surface area contributed by atoms with Crippen molar-refractivity contribution in [3.05, 3.63) is 77.5 Å². The highest BCUT2D eigenvalue weighted by atomic mass is 35.5. The molecule has 0 fully saturated rings. The summed E-state index contributed by atoms with van der Waals surface area (Å²) in [7, 11) is 1.70. The molecule has 8 heteroatoms. The molecule has 6 nitrogen and oxygen atoms in total. The second kappa shape index (κ2) is 12.4. The maximum Gasteiger partial charge on any atom is 0.258 e. The standard InChI is InChI=1S/C25H27ClN2O4S/c1-28(16-21-12-13-23(32-21)18-8-10-19(26)11-9-18)25(30)22(14-15-33-2)27-24(29)17-31-20-6-4-3-5-7-20/h3-13,22H,14-17H2,1-2H3,(H,27,29). The molecule has 1 unspecified atom stereocenters. The topological polar surface area (TPSA) is 71.8 Å². The summed E-state index contributed by atoms with van der Waals surface area (Å²) in [5.74, 6) is 2.18. The summed E-state index contributed by atoms with van der Waals surface area (Å²) in [6, 6.07) is 19.5. The minimum Gasteiger partial charge on any atom is -0.484 e. The number of thioether (sulfide) groups is 1. The molecule has 0 bridgehead atoms. The van der Waals surface area contributed by atoms with Gasteiger partial charge in [-0.1, -0.05) is 29.8 Å². The number of furan rings is 1. The van der Waals surface area contributed by atoms with Crippen LogP contribution < -0.4 is 10.1 Å². The lowest BCUT2D eigenvalue weighted by atomic mass is 10.2. The van der Waals surface area contributed by atoms with E-state index in [1.165, 1.54) is 0 Å². The maximum absolute atomic E-state index is 13.1. The zero-order valence-corrected chi connectivity index (χ0v) is 20.2. The van der Waals surface area contributed by atoms with Crippen molar-refractivity contribution < 1.29 is 18.7 Å². The molecule has 33 heavy (non-hydrogen) atoms. The average Bonchev–Trinajstić information content (AvgIpc) is 3.29. The van der Waals surface area contributed by atoms with E-state index >= 15 is 0 Å². The Kier molecular flexibility index (Phi) is 9.27. The van der Waals surface area contributed by atoms with Gasteiger partial charge in [0.1, 0.15) is 23.3 Å². The van der Waals surface area contributed by atoms with Crippen molar-refractivity contribution in [2.75, 3.05) is 25.7 Å². The fourth-order valence-electron chi connectivity index (χ4n) is 3.20. The van der Waals surface area contributed by atoms with Crippen molar-refractivity contribution in [3.8, 4) is 17.1 Å². The number of rotatable bonds is 11. The van der Waals surface area contributed by atoms with E-state index in [9.17, 15) is 9.59 Å². The fourth-order valence-corrected chi connectivity index (χ4v) is 3.80. The molecule has 1 N–H and O–H groups in total. The van der Waals surface area contributed by atoms with E-state index in [2.05, 4.69) is 5.32 Å². The first-order chi connectivity index (χ1) is 16.0. The predicted molar refractivity (Wildman–Crippen MR) is 132 cm³/mol. The number of benzene rings is 2. The van der Waals surface area contributed by atoms with Crippen LogP contribution in [0.2, 0.25) is 5.02 Å². The van der Waals surface area contributed by atoms with Gasteiger partial charge in [-0.15, -0.1) is 0 Å². The number of para-hydroxylation sites is 1. The highest BCUT2D eigenvalue weighted by Crippen LogP contribution is 2.24. The molecule has 0 aliphatic rings. The van der Waals surface area contributed by atoms with E-state index in [0.717, 1.165) is 11.3 Å². The van der Waals surface area contributed by atoms with Gasteiger partial charge < -0.3 is 19.4 Å². The van der Waals surface area contributed by atoms with Crippen molar-refractivity contribution in [2.24, 2.45) is 0 Å². The quantitative estimate of drug-likeness (QED) is 0.418. The number of amides is 2. The second-order valence-corrected chi connectivity index (χ2v) is 8.89. The molecular formula is C25H27ClN2O4S. The van der Waals surface area contributed by atoms with Gasteiger partial charge in [-0.25, -0.2) is 0 Å². The molecule has 2 aromatic carbocycles. The molecule has 0 saturated heterocycles. The summed E-state index contributed by atoms with van der Waals surface area (Å²) in [5.41, 5.74) is 0.906. The highest BCUT2D eigenvalue weighted by Gasteiger charge is 2.24. The molecule has 0 aliphatic carbocycles. The van der Waals surface area contributed by atoms with E-state index in [4.69, 9.17) is 20.8 Å². The normalized spacial score (nSPS) is 11.6. The van der Waals surface area contributed by atoms with Crippen molar-refractivity contribution in [3.63, 3.8) is 0 Å². The third-order valence-corrected chi connectivity index (χ3v) is 5.81. The number of hydrogen-bond acceptors (Lipinski definition) is 5. The van der Waals surface area contributed by atoms with E-state index < -0.39 is 6.04 Å². The third-order valence-electron chi connectivity index (χ3n) is 4.92. The molecule has 0 radical (unpaired) electrons. The molecule has 0 spiro atoms. The average molecular weight is 487 g/mol. The lowest BCUT2D eigenvalue weighted by molar-refractivity contribution is -0.136. The molecule has 0 aliphatic heterocycles. The second-order valence-electron chi connectivity index (χ2n) is 7.47. The maximum atomic E-state index is 13.1. The Morgan fingerprint density at radius 1 is 1.09 bits per heavy atom. The Bertz CT molecular complexity index is 1040. The Balaban J connectivity index is 1.58. The first-order valence-electron chi connectivity index (χ1n) is 10.5. The van der Waals surface area contributed by atoms with Gasteiger partial charge >= 0.3 is 0 Å². The number of hydrogen-bond donors (Lipinski definition) is 1. The third kappa shape index (κ3) is 7.58. The van der Waals surface area contributed by atoms with Gasteiger partial charge in [0.2, 0.25) is 5.91 Å². The van der Waals surface area contributed by atoms with E-state index in [1.54, 1.807) is 48.0 Å². The molecular weight excluding hydrogens is 460 g/mol. The van der Waals surface area contributed by atoms with Crippen LogP contribution >= 0.6 is 23.4 Å². The summed E-state index contributed by atoms with van der Waals surface area (Å²) >= 11 is 7.57. The van der Waals surface area contributed by atoms with E-state index in [0.29, 0.717) is 35.3 Å². The molecule has 3 aromatic rings. The van der Waals surface area contributed by atoms with Crippen molar-refractivity contribution in [1.29, 1.82) is 0 Å². The van der Waals surface area contributed by atoms with Crippen LogP contribution in [0.15, 0.2) is 71.1 Å². The van der Waals surface area contributed by atoms with Crippen LogP contribution in [-0.2, 0) is 16.1 Å². The van der Waals surface area contributed by atoms with Crippen molar-refractivity contribution in [2.45, 2.75) is 19.0 Å². The molecule has 3 rings (SSSR count). The zero-order chi connectivity index (χ0) is 23.6. The van der Waals surface area contributed by atoms with E-state index in [1.807, 2.05) is 48.7 Å². The van der Waals surface area contributed by atoms with Crippen LogP contribution in [0.3, 0.4) is 0 Å². The summed E-state index contributed by atoms with van der Waals surface area (Å²) in [4.78, 5) is 27.1. The molecule has 1 atom stereocenters. The van der Waals surface area contributed by atoms with Gasteiger partial charge in [-0.05, 0) is 67.0 Å². The summed E-state index contributed by atoms with van der Waals surface area (Å²) < 4.78 is 11.4. The zero-order valence-electron chi connectivity index (χ0n) is 18.6. The van der Waals surface area contributed by atoms with Gasteiger partial charge in [0.25, 0.3) is 5.91 Å². The molecule has 1 heterocycles. The molecule has 0 saturated carbocycles. The number of nitrogens with one attached hydrogen (secondary N) is 1. The smallest absolute Gasteiger partial charge is 0.258 e. The minimum atomic E-state index is -0.639.